The molecule has 0 aliphatic heterocycles. The first-order valence-electron chi connectivity index (χ1n) is 3.55. The molecule has 0 spiro atoms. The topological polar surface area (TPSA) is 36.2 Å². The number of benzene rings is 1. The van der Waals surface area contributed by atoms with Gasteiger partial charge in [-0.3, -0.25) is 5.41 Å². The normalized spacial score (nSPS) is 11.3. The molecule has 0 amide bonds. The molecule has 0 aliphatic carbocycles. The summed E-state index contributed by atoms with van der Waals surface area (Å²) in [5.41, 5.74) is 1.75. The third-order valence-corrected chi connectivity index (χ3v) is 1.54. The number of hydrogen-bond acceptors (Lipinski definition) is 1. The van der Waals surface area contributed by atoms with Crippen molar-refractivity contribution in [2.75, 3.05) is 0 Å². The summed E-state index contributed by atoms with van der Waals surface area (Å²) in [4.78, 5) is 3.81. The summed E-state index contributed by atoms with van der Waals surface area (Å²) in [6.07, 6.45) is 0. The van der Waals surface area contributed by atoms with Gasteiger partial charge in [0.15, 0.2) is 0 Å². The van der Waals surface area contributed by atoms with E-state index in [-0.39, 0.29) is 5.29 Å². The van der Waals surface area contributed by atoms with Crippen LogP contribution in [0.3, 0.4) is 0 Å². The predicted octanol–water partition coefficient (Wildman–Crippen LogP) is 2.67. The summed E-state index contributed by atoms with van der Waals surface area (Å²) < 4.78 is 0. The van der Waals surface area contributed by atoms with Crippen LogP contribution in [0.4, 0.5) is 0 Å². The van der Waals surface area contributed by atoms with E-state index in [1.807, 2.05) is 37.3 Å². The number of nitrogens with zero attached hydrogens (tertiary/aromatic N) is 1. The van der Waals surface area contributed by atoms with Crippen LogP contribution < -0.4 is 0 Å². The van der Waals surface area contributed by atoms with Crippen molar-refractivity contribution in [2.45, 2.75) is 6.92 Å². The van der Waals surface area contributed by atoms with Gasteiger partial charge in [-0.1, -0.05) is 30.3 Å². The molecule has 0 aromatic heterocycles. The van der Waals surface area contributed by atoms with Crippen molar-refractivity contribution in [2.24, 2.45) is 4.99 Å². The van der Waals surface area contributed by atoms with Crippen LogP contribution >= 0.6 is 11.6 Å². The third-order valence-electron chi connectivity index (χ3n) is 1.46. The zero-order chi connectivity index (χ0) is 8.97. The number of halogens is 1. The van der Waals surface area contributed by atoms with Crippen molar-refractivity contribution in [1.82, 2.24) is 0 Å². The van der Waals surface area contributed by atoms with Crippen LogP contribution in [0.1, 0.15) is 12.5 Å². The third kappa shape index (κ3) is 2.47. The Morgan fingerprint density at radius 2 is 1.92 bits per heavy atom. The number of aliphatic imine (C=N–C) groups is 1. The lowest BCUT2D eigenvalue weighted by Crippen LogP contribution is -1.95. The molecule has 0 radical (unpaired) electrons. The molecule has 12 heavy (non-hydrogen) atoms. The van der Waals surface area contributed by atoms with Crippen LogP contribution in [-0.4, -0.2) is 11.0 Å². The average Bonchev–Trinajstić information content (AvgIpc) is 2.05. The number of rotatable bonds is 1. The summed E-state index contributed by atoms with van der Waals surface area (Å²) in [5.74, 6) is 0. The van der Waals surface area contributed by atoms with E-state index >= 15 is 0 Å². The van der Waals surface area contributed by atoms with Crippen molar-refractivity contribution in [3.05, 3.63) is 35.9 Å². The second kappa shape index (κ2) is 4.02. The summed E-state index contributed by atoms with van der Waals surface area (Å²) in [6, 6.07) is 9.64. The van der Waals surface area contributed by atoms with E-state index in [9.17, 15) is 0 Å². The summed E-state index contributed by atoms with van der Waals surface area (Å²) in [6.45, 7) is 1.83. The van der Waals surface area contributed by atoms with Crippen LogP contribution in [0.2, 0.25) is 0 Å². The Kier molecular flexibility index (Phi) is 3.00. The van der Waals surface area contributed by atoms with E-state index < -0.39 is 0 Å². The first-order chi connectivity index (χ1) is 5.70. The highest BCUT2D eigenvalue weighted by molar-refractivity contribution is 6.64. The number of amidine groups is 1. The quantitative estimate of drug-likeness (QED) is 0.392. The average molecular weight is 181 g/mol. The number of hydrogen-bond donors (Lipinski definition) is 1. The lowest BCUT2D eigenvalue weighted by molar-refractivity contribution is 1.47. The Balaban J connectivity index is 2.93. The van der Waals surface area contributed by atoms with Gasteiger partial charge in [0.05, 0.1) is 0 Å². The Hall–Kier alpha value is -1.15. The van der Waals surface area contributed by atoms with E-state index in [0.29, 0.717) is 0 Å². The fourth-order valence-corrected chi connectivity index (χ4v) is 1.02. The van der Waals surface area contributed by atoms with Gasteiger partial charge in [0.25, 0.3) is 0 Å². The molecule has 0 unspecified atom stereocenters. The van der Waals surface area contributed by atoms with Crippen molar-refractivity contribution in [3.8, 4) is 0 Å². The van der Waals surface area contributed by atoms with Crippen molar-refractivity contribution >= 4 is 22.6 Å². The molecule has 0 atom stereocenters. The van der Waals surface area contributed by atoms with Crippen LogP contribution in [-0.2, 0) is 0 Å². The molecular weight excluding hydrogens is 172 g/mol. The summed E-state index contributed by atoms with van der Waals surface area (Å²) in [5, 5.41) is 6.77. The standard InChI is InChI=1S/C9H9ClN2/c1-7(12-9(10)11)8-5-3-2-4-6-8/h2-6,11H,1H3. The van der Waals surface area contributed by atoms with Crippen LogP contribution in [0.25, 0.3) is 0 Å². The molecule has 1 N–H and O–H groups in total. The monoisotopic (exact) mass is 180 g/mol. The minimum absolute atomic E-state index is 0.184. The molecule has 1 aromatic carbocycles. The second-order valence-corrected chi connectivity index (χ2v) is 2.71. The van der Waals surface area contributed by atoms with Gasteiger partial charge < -0.3 is 0 Å². The molecule has 0 heterocycles. The molecule has 0 fully saturated rings. The Labute approximate surface area is 76.4 Å². The van der Waals surface area contributed by atoms with Crippen LogP contribution in [0.5, 0.6) is 0 Å². The first kappa shape index (κ1) is 8.94. The van der Waals surface area contributed by atoms with Gasteiger partial charge in [-0.25, -0.2) is 4.99 Å². The molecule has 2 nitrogen and oxygen atoms in total. The maximum absolute atomic E-state index is 6.95. The van der Waals surface area contributed by atoms with Gasteiger partial charge in [-0.05, 0) is 24.1 Å². The van der Waals surface area contributed by atoms with Crippen LogP contribution in [0.15, 0.2) is 35.3 Å². The first-order valence-corrected chi connectivity index (χ1v) is 3.92. The largest absolute Gasteiger partial charge is 0.272 e. The van der Waals surface area contributed by atoms with Gasteiger partial charge >= 0.3 is 0 Å². The maximum atomic E-state index is 6.95. The van der Waals surface area contributed by atoms with Gasteiger partial charge in [0.2, 0.25) is 5.29 Å². The minimum atomic E-state index is -0.184. The van der Waals surface area contributed by atoms with Gasteiger partial charge in [-0.15, -0.1) is 0 Å². The molecule has 1 rings (SSSR count). The van der Waals surface area contributed by atoms with Crippen LogP contribution in [0, 0.1) is 5.41 Å². The van der Waals surface area contributed by atoms with E-state index in [1.54, 1.807) is 0 Å². The lowest BCUT2D eigenvalue weighted by Gasteiger charge is -1.97. The predicted molar refractivity (Wildman–Crippen MR) is 52.2 cm³/mol. The fourth-order valence-electron chi connectivity index (χ4n) is 0.891. The van der Waals surface area contributed by atoms with Gasteiger partial charge in [-0.2, -0.15) is 0 Å². The highest BCUT2D eigenvalue weighted by Gasteiger charge is 1.95. The highest BCUT2D eigenvalue weighted by atomic mass is 35.5. The number of nitrogens with one attached hydrogen (secondary N) is 1. The Bertz CT molecular complexity index is 304. The fraction of sp³-hybridized carbons (Fsp3) is 0.111. The highest BCUT2D eigenvalue weighted by Crippen LogP contribution is 2.01. The van der Waals surface area contributed by atoms with Gasteiger partial charge in [0.1, 0.15) is 0 Å². The van der Waals surface area contributed by atoms with E-state index in [0.717, 1.165) is 11.3 Å². The molecule has 3 heteroatoms. The minimum Gasteiger partial charge on any atom is -0.272 e. The Morgan fingerprint density at radius 3 is 2.42 bits per heavy atom. The summed E-state index contributed by atoms with van der Waals surface area (Å²) in [7, 11) is 0. The van der Waals surface area contributed by atoms with E-state index in [2.05, 4.69) is 4.99 Å². The van der Waals surface area contributed by atoms with E-state index in [1.165, 1.54) is 0 Å². The zero-order valence-electron chi connectivity index (χ0n) is 6.71. The lowest BCUT2D eigenvalue weighted by atomic mass is 10.1. The van der Waals surface area contributed by atoms with Crippen molar-refractivity contribution < 1.29 is 0 Å². The molecule has 0 aliphatic rings. The van der Waals surface area contributed by atoms with Crippen molar-refractivity contribution in [1.29, 1.82) is 5.41 Å². The Morgan fingerprint density at radius 1 is 1.33 bits per heavy atom. The SMILES string of the molecule is CC(=NC(=N)Cl)c1ccccc1. The summed E-state index contributed by atoms with van der Waals surface area (Å²) >= 11 is 5.32. The maximum Gasteiger partial charge on any atom is 0.215 e. The smallest absolute Gasteiger partial charge is 0.215 e. The van der Waals surface area contributed by atoms with E-state index in [4.69, 9.17) is 17.0 Å². The molecule has 1 aromatic rings. The zero-order valence-corrected chi connectivity index (χ0v) is 7.47. The second-order valence-electron chi connectivity index (χ2n) is 2.35. The molecule has 0 saturated heterocycles. The molecular formula is C9H9ClN2. The molecule has 62 valence electrons. The van der Waals surface area contributed by atoms with Gasteiger partial charge in [0, 0.05) is 5.71 Å². The molecule has 0 saturated carbocycles. The molecule has 0 bridgehead atoms. The van der Waals surface area contributed by atoms with Crippen molar-refractivity contribution in [3.63, 3.8) is 0 Å².